The molecule has 0 spiro atoms. The predicted octanol–water partition coefficient (Wildman–Crippen LogP) is 5.69. The Labute approximate surface area is 214 Å². The summed E-state index contributed by atoms with van der Waals surface area (Å²) in [5.74, 6) is 0.692. The van der Waals surface area contributed by atoms with Crippen molar-refractivity contribution in [1.82, 2.24) is 19.8 Å². The topological polar surface area (TPSA) is 77.4 Å². The SMILES string of the molecule is O=C(NC/C(F)=C1/CCCc2cnn(-c3ccc(C(F)(F)F)cc3)c21)NSc1ccc2c(c1)OCCO2. The van der Waals surface area contributed by atoms with Gasteiger partial charge >= 0.3 is 12.2 Å². The normalized spacial score (nSPS) is 16.1. The molecule has 2 aliphatic rings. The van der Waals surface area contributed by atoms with Crippen LogP contribution in [-0.4, -0.2) is 35.6 Å². The minimum Gasteiger partial charge on any atom is -0.486 e. The molecule has 0 saturated carbocycles. The lowest BCUT2D eigenvalue weighted by molar-refractivity contribution is -0.137. The van der Waals surface area contributed by atoms with E-state index in [2.05, 4.69) is 15.1 Å². The van der Waals surface area contributed by atoms with E-state index in [-0.39, 0.29) is 6.54 Å². The number of benzene rings is 2. The largest absolute Gasteiger partial charge is 0.486 e. The molecule has 0 fully saturated rings. The van der Waals surface area contributed by atoms with Crippen LogP contribution in [0.5, 0.6) is 11.5 Å². The van der Waals surface area contributed by atoms with Gasteiger partial charge in [0.1, 0.15) is 19.0 Å². The summed E-state index contributed by atoms with van der Waals surface area (Å²) >= 11 is 1.05. The van der Waals surface area contributed by atoms with Crippen molar-refractivity contribution in [2.24, 2.45) is 0 Å². The van der Waals surface area contributed by atoms with E-state index in [0.29, 0.717) is 60.9 Å². The number of halogens is 4. The van der Waals surface area contributed by atoms with E-state index in [0.717, 1.165) is 34.5 Å². The Morgan fingerprint density at radius 2 is 1.81 bits per heavy atom. The Morgan fingerprint density at radius 3 is 2.57 bits per heavy atom. The Hall–Kier alpha value is -3.67. The summed E-state index contributed by atoms with van der Waals surface area (Å²) in [5, 5.41) is 6.80. The molecule has 2 N–H and O–H groups in total. The van der Waals surface area contributed by atoms with E-state index in [4.69, 9.17) is 9.47 Å². The van der Waals surface area contributed by atoms with Crippen LogP contribution in [0.4, 0.5) is 22.4 Å². The van der Waals surface area contributed by atoms with Gasteiger partial charge in [-0.25, -0.2) is 13.9 Å². The Morgan fingerprint density at radius 1 is 1.05 bits per heavy atom. The van der Waals surface area contributed by atoms with Gasteiger partial charge in [-0.3, -0.25) is 4.72 Å². The first-order valence-corrected chi connectivity index (χ1v) is 12.3. The fraction of sp³-hybridized carbons (Fsp3) is 0.280. The van der Waals surface area contributed by atoms with E-state index in [1.165, 1.54) is 16.8 Å². The van der Waals surface area contributed by atoms with Crippen molar-refractivity contribution < 1.29 is 31.8 Å². The molecule has 1 aliphatic heterocycles. The van der Waals surface area contributed by atoms with Gasteiger partial charge in [0.05, 0.1) is 29.7 Å². The Bertz CT molecular complexity index is 1340. The molecule has 0 atom stereocenters. The summed E-state index contributed by atoms with van der Waals surface area (Å²) in [6.45, 7) is 0.580. The summed E-state index contributed by atoms with van der Waals surface area (Å²) in [7, 11) is 0. The van der Waals surface area contributed by atoms with Crippen molar-refractivity contribution in [3.05, 3.63) is 71.3 Å². The molecule has 194 valence electrons. The number of hydrogen-bond acceptors (Lipinski definition) is 5. The number of alkyl halides is 3. The molecule has 3 aromatic rings. The van der Waals surface area contributed by atoms with Crippen LogP contribution in [0.15, 0.2) is 59.4 Å². The van der Waals surface area contributed by atoms with Crippen LogP contribution in [0.2, 0.25) is 0 Å². The summed E-state index contributed by atoms with van der Waals surface area (Å²) < 4.78 is 69.1. The number of urea groups is 1. The smallest absolute Gasteiger partial charge is 0.416 e. The number of fused-ring (bicyclic) bond motifs is 2. The van der Waals surface area contributed by atoms with Gasteiger partial charge < -0.3 is 14.8 Å². The van der Waals surface area contributed by atoms with Gasteiger partial charge in [-0.2, -0.15) is 18.3 Å². The number of amides is 2. The minimum absolute atomic E-state index is 0.347. The van der Waals surface area contributed by atoms with Crippen LogP contribution in [0.3, 0.4) is 0 Å². The van der Waals surface area contributed by atoms with Crippen molar-refractivity contribution in [2.75, 3.05) is 19.8 Å². The lowest BCUT2D eigenvalue weighted by Gasteiger charge is -2.19. The number of allylic oxidation sites excluding steroid dienone is 1. The molecule has 37 heavy (non-hydrogen) atoms. The van der Waals surface area contributed by atoms with Crippen LogP contribution < -0.4 is 19.5 Å². The third-order valence-corrected chi connectivity index (χ3v) is 6.73. The van der Waals surface area contributed by atoms with Crippen molar-refractivity contribution in [3.8, 4) is 17.2 Å². The molecule has 0 bridgehead atoms. The zero-order chi connectivity index (χ0) is 26.0. The lowest BCUT2D eigenvalue weighted by Crippen LogP contribution is -2.32. The van der Waals surface area contributed by atoms with Crippen molar-refractivity contribution in [3.63, 3.8) is 0 Å². The first-order chi connectivity index (χ1) is 17.8. The van der Waals surface area contributed by atoms with E-state index in [1.54, 1.807) is 24.4 Å². The molecule has 7 nitrogen and oxygen atoms in total. The van der Waals surface area contributed by atoms with Gasteiger partial charge in [0.25, 0.3) is 0 Å². The lowest BCUT2D eigenvalue weighted by atomic mass is 9.92. The quantitative estimate of drug-likeness (QED) is 0.325. The van der Waals surface area contributed by atoms with Gasteiger partial charge in [-0.15, -0.1) is 0 Å². The fourth-order valence-electron chi connectivity index (χ4n) is 4.21. The van der Waals surface area contributed by atoms with Crippen molar-refractivity contribution in [2.45, 2.75) is 30.3 Å². The number of carbonyl (C=O) groups is 1. The summed E-state index contributed by atoms with van der Waals surface area (Å²) in [4.78, 5) is 13.0. The maximum atomic E-state index is 15.3. The maximum Gasteiger partial charge on any atom is 0.416 e. The number of aromatic nitrogens is 2. The van der Waals surface area contributed by atoms with E-state index < -0.39 is 23.6 Å². The first-order valence-electron chi connectivity index (χ1n) is 11.5. The number of aryl methyl sites for hydroxylation is 1. The second kappa shape index (κ2) is 10.4. The highest BCUT2D eigenvalue weighted by Crippen LogP contribution is 2.36. The predicted molar refractivity (Wildman–Crippen MR) is 129 cm³/mol. The van der Waals surface area contributed by atoms with E-state index in [1.807, 2.05) is 0 Å². The molecular formula is C25H22F4N4O3S. The second-order valence-electron chi connectivity index (χ2n) is 8.40. The molecule has 0 unspecified atom stereocenters. The van der Waals surface area contributed by atoms with Crippen LogP contribution in [0, 0.1) is 0 Å². The standard InChI is InChI=1S/C25H22F4N4O3S/c26-20(14-30-24(34)32-37-18-8-9-21-22(12-18)36-11-10-35-21)19-3-1-2-15-13-31-33(23(15)19)17-6-4-16(5-7-17)25(27,28)29/h4-9,12-13H,1-3,10-11,14H2,(H2,30,32,34)/b20-19+. The number of rotatable bonds is 5. The Balaban J connectivity index is 1.26. The minimum atomic E-state index is -4.45. The zero-order valence-electron chi connectivity index (χ0n) is 19.4. The number of nitrogens with one attached hydrogen (secondary N) is 2. The number of carbonyl (C=O) groups excluding carboxylic acids is 1. The van der Waals surface area contributed by atoms with Crippen molar-refractivity contribution in [1.29, 1.82) is 0 Å². The van der Waals surface area contributed by atoms with Gasteiger partial charge in [-0.1, -0.05) is 0 Å². The summed E-state index contributed by atoms with van der Waals surface area (Å²) in [6, 6.07) is 9.24. The summed E-state index contributed by atoms with van der Waals surface area (Å²) in [5.41, 5.74) is 1.30. The third-order valence-electron chi connectivity index (χ3n) is 5.95. The molecule has 5 rings (SSSR count). The molecule has 0 saturated heterocycles. The molecule has 0 radical (unpaired) electrons. The summed E-state index contributed by atoms with van der Waals surface area (Å²) in [6.07, 6.45) is -1.07. The Kier molecular flexibility index (Phi) is 7.00. The highest BCUT2D eigenvalue weighted by molar-refractivity contribution is 7.98. The molecule has 12 heteroatoms. The van der Waals surface area contributed by atoms with Crippen LogP contribution in [0.25, 0.3) is 11.3 Å². The van der Waals surface area contributed by atoms with E-state index in [9.17, 15) is 18.0 Å². The van der Waals surface area contributed by atoms with Gasteiger partial charge in [-0.05, 0) is 79.2 Å². The number of hydrogen-bond donors (Lipinski definition) is 2. The fourth-order valence-corrected chi connectivity index (χ4v) is 4.79. The number of nitrogens with zero attached hydrogens (tertiary/aromatic N) is 2. The maximum absolute atomic E-state index is 15.3. The van der Waals surface area contributed by atoms with Crippen molar-refractivity contribution >= 4 is 23.6 Å². The average molecular weight is 535 g/mol. The highest BCUT2D eigenvalue weighted by Gasteiger charge is 2.30. The van der Waals surface area contributed by atoms with Gasteiger partial charge in [0.2, 0.25) is 0 Å². The molecule has 2 aromatic carbocycles. The first kappa shape index (κ1) is 25.0. The van der Waals surface area contributed by atoms with E-state index >= 15 is 4.39 Å². The molecular weight excluding hydrogens is 512 g/mol. The molecule has 2 heterocycles. The van der Waals surface area contributed by atoms with Gasteiger partial charge in [0.15, 0.2) is 11.5 Å². The van der Waals surface area contributed by atoms with Crippen LogP contribution in [-0.2, 0) is 12.6 Å². The molecule has 1 aromatic heterocycles. The van der Waals surface area contributed by atoms with Gasteiger partial charge in [0, 0.05) is 10.5 Å². The second-order valence-corrected chi connectivity index (χ2v) is 9.28. The zero-order valence-corrected chi connectivity index (χ0v) is 20.2. The average Bonchev–Trinajstić information content (AvgIpc) is 3.34. The molecule has 1 aliphatic carbocycles. The van der Waals surface area contributed by atoms with Crippen LogP contribution in [0.1, 0.15) is 29.7 Å². The molecule has 2 amide bonds. The highest BCUT2D eigenvalue weighted by atomic mass is 32.2. The number of ether oxygens (including phenoxy) is 2. The third kappa shape index (κ3) is 5.53. The van der Waals surface area contributed by atoms with Crippen LogP contribution >= 0.6 is 11.9 Å². The monoisotopic (exact) mass is 534 g/mol.